The van der Waals surface area contributed by atoms with E-state index in [9.17, 15) is 19.1 Å². The lowest BCUT2D eigenvalue weighted by Crippen LogP contribution is -2.42. The number of methoxy groups -OCH3 is 1. The molecule has 1 heterocycles. The molecule has 3 aromatic carbocycles. The predicted octanol–water partition coefficient (Wildman–Crippen LogP) is 5.48. The SMILES string of the molecule is COc1ccc(F)cc1C(C)(C)CC(O)(CC(=O)Nc1ccc2c(c1)COC2=O)Cc1cccc(C)c1. The molecule has 0 radical (unpaired) electrons. The lowest BCUT2D eigenvalue weighted by atomic mass is 9.72. The summed E-state index contributed by atoms with van der Waals surface area (Å²) in [6.45, 7) is 5.94. The number of aryl methyl sites for hydroxylation is 1. The molecular formula is C30H32FNO5. The highest BCUT2D eigenvalue weighted by Crippen LogP contribution is 2.40. The van der Waals surface area contributed by atoms with Crippen molar-refractivity contribution in [3.8, 4) is 5.75 Å². The number of carbonyl (C=O) groups is 2. The van der Waals surface area contributed by atoms with Gasteiger partial charge in [-0.15, -0.1) is 0 Å². The molecule has 3 aromatic rings. The first-order valence-electron chi connectivity index (χ1n) is 12.2. The summed E-state index contributed by atoms with van der Waals surface area (Å²) < 4.78 is 24.7. The summed E-state index contributed by atoms with van der Waals surface area (Å²) >= 11 is 0. The number of benzene rings is 3. The third kappa shape index (κ3) is 6.17. The Morgan fingerprint density at radius 2 is 1.92 bits per heavy atom. The van der Waals surface area contributed by atoms with E-state index in [1.807, 2.05) is 45.0 Å². The molecule has 4 rings (SSSR count). The smallest absolute Gasteiger partial charge is 0.338 e. The number of esters is 1. The van der Waals surface area contributed by atoms with Gasteiger partial charge in [-0.1, -0.05) is 43.7 Å². The molecule has 0 fully saturated rings. The molecule has 1 aliphatic rings. The van der Waals surface area contributed by atoms with Crippen LogP contribution >= 0.6 is 0 Å². The molecule has 0 saturated carbocycles. The van der Waals surface area contributed by atoms with E-state index in [4.69, 9.17) is 9.47 Å². The van der Waals surface area contributed by atoms with Crippen molar-refractivity contribution in [2.75, 3.05) is 12.4 Å². The second kappa shape index (κ2) is 10.3. The monoisotopic (exact) mass is 505 g/mol. The van der Waals surface area contributed by atoms with Gasteiger partial charge in [0.25, 0.3) is 0 Å². The number of nitrogens with one attached hydrogen (secondary N) is 1. The van der Waals surface area contributed by atoms with E-state index < -0.39 is 16.8 Å². The van der Waals surface area contributed by atoms with Crippen LogP contribution in [0.25, 0.3) is 0 Å². The molecule has 7 heteroatoms. The summed E-state index contributed by atoms with van der Waals surface area (Å²) in [6.07, 6.45) is 0.220. The first-order valence-corrected chi connectivity index (χ1v) is 12.2. The number of amides is 1. The van der Waals surface area contributed by atoms with Gasteiger partial charge in [0, 0.05) is 23.2 Å². The van der Waals surface area contributed by atoms with E-state index in [2.05, 4.69) is 5.32 Å². The van der Waals surface area contributed by atoms with Gasteiger partial charge in [-0.2, -0.15) is 0 Å². The van der Waals surface area contributed by atoms with Crippen LogP contribution in [0.3, 0.4) is 0 Å². The Bertz CT molecular complexity index is 1340. The van der Waals surface area contributed by atoms with Gasteiger partial charge < -0.3 is 19.9 Å². The number of aliphatic hydroxyl groups is 1. The van der Waals surface area contributed by atoms with Crippen molar-refractivity contribution in [1.82, 2.24) is 0 Å². The average molecular weight is 506 g/mol. The number of cyclic esters (lactones) is 1. The van der Waals surface area contributed by atoms with Gasteiger partial charge in [0.15, 0.2) is 0 Å². The predicted molar refractivity (Wildman–Crippen MR) is 139 cm³/mol. The number of anilines is 1. The maximum Gasteiger partial charge on any atom is 0.338 e. The fourth-order valence-corrected chi connectivity index (χ4v) is 5.23. The van der Waals surface area contributed by atoms with Crippen LogP contribution in [0.1, 0.15) is 59.3 Å². The van der Waals surface area contributed by atoms with Gasteiger partial charge in [-0.3, -0.25) is 4.79 Å². The van der Waals surface area contributed by atoms with Crippen LogP contribution in [-0.4, -0.2) is 29.7 Å². The quantitative estimate of drug-likeness (QED) is 0.376. The minimum atomic E-state index is -1.45. The molecule has 0 aromatic heterocycles. The van der Waals surface area contributed by atoms with Gasteiger partial charge >= 0.3 is 5.97 Å². The number of fused-ring (bicyclic) bond motifs is 1. The van der Waals surface area contributed by atoms with E-state index >= 15 is 0 Å². The number of hydrogen-bond donors (Lipinski definition) is 2. The molecule has 37 heavy (non-hydrogen) atoms. The Kier molecular flexibility index (Phi) is 7.37. The normalized spacial score (nSPS) is 14.5. The maximum absolute atomic E-state index is 14.2. The van der Waals surface area contributed by atoms with E-state index in [0.29, 0.717) is 28.1 Å². The number of rotatable bonds is 9. The van der Waals surface area contributed by atoms with Crippen molar-refractivity contribution in [3.05, 3.63) is 94.3 Å². The molecule has 1 aliphatic heterocycles. The summed E-state index contributed by atoms with van der Waals surface area (Å²) in [5, 5.41) is 14.8. The average Bonchev–Trinajstić information content (AvgIpc) is 3.18. The number of ether oxygens (including phenoxy) is 2. The minimum Gasteiger partial charge on any atom is -0.496 e. The topological polar surface area (TPSA) is 84.9 Å². The number of hydrogen-bond acceptors (Lipinski definition) is 5. The molecule has 194 valence electrons. The van der Waals surface area contributed by atoms with Crippen LogP contribution in [0.2, 0.25) is 0 Å². The molecule has 0 spiro atoms. The van der Waals surface area contributed by atoms with Gasteiger partial charge in [-0.05, 0) is 60.7 Å². The van der Waals surface area contributed by atoms with E-state index in [1.54, 1.807) is 24.3 Å². The van der Waals surface area contributed by atoms with Crippen molar-refractivity contribution in [3.63, 3.8) is 0 Å². The molecule has 1 unspecified atom stereocenters. The highest BCUT2D eigenvalue weighted by molar-refractivity contribution is 5.96. The molecule has 1 amide bonds. The van der Waals surface area contributed by atoms with Crippen molar-refractivity contribution in [1.29, 1.82) is 0 Å². The molecule has 0 aliphatic carbocycles. The molecule has 1 atom stereocenters. The fraction of sp³-hybridized carbons (Fsp3) is 0.333. The zero-order chi connectivity index (χ0) is 26.8. The Labute approximate surface area is 216 Å². The fourth-order valence-electron chi connectivity index (χ4n) is 5.23. The Hall–Kier alpha value is -3.71. The first kappa shape index (κ1) is 26.4. The zero-order valence-electron chi connectivity index (χ0n) is 21.6. The second-order valence-corrected chi connectivity index (χ2v) is 10.5. The van der Waals surface area contributed by atoms with Crippen LogP contribution in [0.5, 0.6) is 5.75 Å². The Morgan fingerprint density at radius 1 is 1.14 bits per heavy atom. The third-order valence-electron chi connectivity index (χ3n) is 6.73. The zero-order valence-corrected chi connectivity index (χ0v) is 21.6. The van der Waals surface area contributed by atoms with Gasteiger partial charge in [0.05, 0.1) is 24.7 Å². The maximum atomic E-state index is 14.2. The molecular weight excluding hydrogens is 473 g/mol. The number of carbonyl (C=O) groups excluding carboxylic acids is 2. The molecule has 2 N–H and O–H groups in total. The third-order valence-corrected chi connectivity index (χ3v) is 6.73. The van der Waals surface area contributed by atoms with Crippen LogP contribution in [0, 0.1) is 12.7 Å². The Balaban J connectivity index is 1.61. The summed E-state index contributed by atoms with van der Waals surface area (Å²) in [7, 11) is 1.52. The summed E-state index contributed by atoms with van der Waals surface area (Å²) in [5.41, 5.74) is 2.09. The van der Waals surface area contributed by atoms with Crippen molar-refractivity contribution in [2.45, 2.75) is 57.7 Å². The lowest BCUT2D eigenvalue weighted by molar-refractivity contribution is -0.121. The highest BCUT2D eigenvalue weighted by Gasteiger charge is 2.39. The van der Waals surface area contributed by atoms with Crippen LogP contribution in [0.15, 0.2) is 60.7 Å². The summed E-state index contributed by atoms with van der Waals surface area (Å²) in [6, 6.07) is 17.1. The van der Waals surface area contributed by atoms with Crippen molar-refractivity contribution < 1.29 is 28.6 Å². The van der Waals surface area contributed by atoms with E-state index in [0.717, 1.165) is 11.1 Å². The largest absolute Gasteiger partial charge is 0.496 e. The minimum absolute atomic E-state index is 0.166. The van der Waals surface area contributed by atoms with Gasteiger partial charge in [0.1, 0.15) is 18.2 Å². The highest BCUT2D eigenvalue weighted by atomic mass is 19.1. The van der Waals surface area contributed by atoms with Crippen molar-refractivity contribution >= 4 is 17.6 Å². The summed E-state index contributed by atoms with van der Waals surface area (Å²) in [4.78, 5) is 24.9. The van der Waals surface area contributed by atoms with Gasteiger partial charge in [-0.25, -0.2) is 9.18 Å². The van der Waals surface area contributed by atoms with E-state index in [-0.39, 0.29) is 37.7 Å². The van der Waals surface area contributed by atoms with Gasteiger partial charge in [0.2, 0.25) is 5.91 Å². The standard InChI is InChI=1S/C30H32FNO5/c1-19-6-5-7-20(12-19)15-30(35,18-29(2,3)25-14-22(31)8-11-26(25)36-4)16-27(33)32-23-9-10-24-21(13-23)17-37-28(24)34/h5-14,35H,15-18H2,1-4H3,(H,32,33). The summed E-state index contributed by atoms with van der Waals surface area (Å²) in [5.74, 6) is -0.635. The molecule has 6 nitrogen and oxygen atoms in total. The van der Waals surface area contributed by atoms with Crippen LogP contribution in [-0.2, 0) is 28.0 Å². The Morgan fingerprint density at radius 3 is 2.65 bits per heavy atom. The molecule has 0 bridgehead atoms. The van der Waals surface area contributed by atoms with Crippen LogP contribution in [0.4, 0.5) is 10.1 Å². The van der Waals surface area contributed by atoms with Crippen LogP contribution < -0.4 is 10.1 Å². The number of halogens is 1. The first-order chi connectivity index (χ1) is 17.5. The second-order valence-electron chi connectivity index (χ2n) is 10.5. The van der Waals surface area contributed by atoms with E-state index in [1.165, 1.54) is 19.2 Å². The van der Waals surface area contributed by atoms with Crippen molar-refractivity contribution in [2.24, 2.45) is 0 Å². The molecule has 0 saturated heterocycles. The lowest BCUT2D eigenvalue weighted by Gasteiger charge is -2.37.